The number of carbonyl (C=O) groups excluding carboxylic acids is 1. The van der Waals surface area contributed by atoms with Gasteiger partial charge < -0.3 is 14.7 Å². The summed E-state index contributed by atoms with van der Waals surface area (Å²) in [6.07, 6.45) is 0. The van der Waals surface area contributed by atoms with Gasteiger partial charge in [-0.25, -0.2) is 0 Å². The molecule has 1 unspecified atom stereocenters. The van der Waals surface area contributed by atoms with Gasteiger partial charge in [0.1, 0.15) is 6.73 Å². The first kappa shape index (κ1) is 9.18. The highest BCUT2D eigenvalue weighted by atomic mass is 16.7. The van der Waals surface area contributed by atoms with Crippen LogP contribution >= 0.6 is 0 Å². The average Bonchev–Trinajstić information content (AvgIpc) is 2.49. The molecule has 1 aromatic carbocycles. The number of ether oxygens (including phenoxy) is 1. The van der Waals surface area contributed by atoms with Crippen molar-refractivity contribution in [3.8, 4) is 0 Å². The second kappa shape index (κ2) is 3.08. The van der Waals surface area contributed by atoms with Crippen LogP contribution in [0.15, 0.2) is 30.3 Å². The molecule has 0 saturated carbocycles. The van der Waals surface area contributed by atoms with E-state index in [-0.39, 0.29) is 6.73 Å². The molecule has 1 saturated heterocycles. The summed E-state index contributed by atoms with van der Waals surface area (Å²) in [7, 11) is 1.59. The Balaban J connectivity index is 2.39. The molecule has 1 aromatic rings. The van der Waals surface area contributed by atoms with Crippen molar-refractivity contribution < 1.29 is 14.6 Å². The van der Waals surface area contributed by atoms with Crippen molar-refractivity contribution in [2.24, 2.45) is 0 Å². The van der Waals surface area contributed by atoms with E-state index in [2.05, 4.69) is 0 Å². The molecular formula is C10H11NO3. The second-order valence-electron chi connectivity index (χ2n) is 3.29. The normalized spacial score (nSPS) is 27.0. The van der Waals surface area contributed by atoms with E-state index in [0.717, 1.165) is 0 Å². The molecule has 0 aromatic heterocycles. The Bertz CT molecular complexity index is 352. The third-order valence-corrected chi connectivity index (χ3v) is 2.27. The number of hydrogen-bond donors (Lipinski definition) is 1. The molecule has 1 aliphatic heterocycles. The van der Waals surface area contributed by atoms with Gasteiger partial charge in [-0.05, 0) is 0 Å². The number of nitrogens with zero attached hydrogens (tertiary/aromatic N) is 1. The maximum absolute atomic E-state index is 11.6. The van der Waals surface area contributed by atoms with Gasteiger partial charge in [-0.3, -0.25) is 4.79 Å². The quantitative estimate of drug-likeness (QED) is 0.696. The summed E-state index contributed by atoms with van der Waals surface area (Å²) in [6.45, 7) is 0.115. The zero-order valence-electron chi connectivity index (χ0n) is 7.80. The van der Waals surface area contributed by atoms with Gasteiger partial charge in [-0.1, -0.05) is 30.3 Å². The number of likely N-dealkylation sites (N-methyl/N-ethyl adjacent to an activating group) is 1. The van der Waals surface area contributed by atoms with Crippen molar-refractivity contribution in [1.82, 2.24) is 4.90 Å². The molecule has 2 rings (SSSR count). The first-order valence-corrected chi connectivity index (χ1v) is 4.32. The Morgan fingerprint density at radius 3 is 2.57 bits per heavy atom. The molecule has 0 spiro atoms. The fourth-order valence-corrected chi connectivity index (χ4v) is 1.44. The molecular weight excluding hydrogens is 182 g/mol. The van der Waals surface area contributed by atoms with E-state index in [1.54, 1.807) is 31.3 Å². The van der Waals surface area contributed by atoms with Crippen molar-refractivity contribution in [3.05, 3.63) is 35.9 Å². The van der Waals surface area contributed by atoms with E-state index in [1.807, 2.05) is 6.07 Å². The Labute approximate surface area is 81.7 Å². The lowest BCUT2D eigenvalue weighted by atomic mass is 10.1. The van der Waals surface area contributed by atoms with Crippen LogP contribution in [-0.2, 0) is 15.3 Å². The fourth-order valence-electron chi connectivity index (χ4n) is 1.44. The minimum atomic E-state index is -1.80. The number of aliphatic hydroxyl groups is 1. The van der Waals surface area contributed by atoms with Gasteiger partial charge in [0.25, 0.3) is 11.7 Å². The third kappa shape index (κ3) is 1.20. The Morgan fingerprint density at radius 2 is 2.07 bits per heavy atom. The zero-order valence-corrected chi connectivity index (χ0v) is 7.80. The van der Waals surface area contributed by atoms with E-state index < -0.39 is 11.7 Å². The molecule has 0 radical (unpaired) electrons. The lowest BCUT2D eigenvalue weighted by molar-refractivity contribution is -0.187. The van der Waals surface area contributed by atoms with E-state index in [1.165, 1.54) is 4.90 Å². The van der Waals surface area contributed by atoms with Crippen LogP contribution in [0.5, 0.6) is 0 Å². The topological polar surface area (TPSA) is 49.8 Å². The SMILES string of the molecule is CN1COC(O)(c2ccccc2)C1=O. The number of benzene rings is 1. The van der Waals surface area contributed by atoms with Crippen LogP contribution < -0.4 is 0 Å². The summed E-state index contributed by atoms with van der Waals surface area (Å²) in [5.74, 6) is -2.22. The van der Waals surface area contributed by atoms with Gasteiger partial charge in [-0.15, -0.1) is 0 Å². The smallest absolute Gasteiger partial charge is 0.289 e. The molecule has 0 bridgehead atoms. The second-order valence-corrected chi connectivity index (χ2v) is 3.29. The first-order valence-electron chi connectivity index (χ1n) is 4.32. The standard InChI is InChI=1S/C10H11NO3/c1-11-7-14-10(13,9(11)12)8-5-3-2-4-6-8/h2-6,13H,7H2,1H3. The minimum Gasteiger partial charge on any atom is -0.354 e. The molecule has 74 valence electrons. The molecule has 1 aliphatic rings. The monoisotopic (exact) mass is 193 g/mol. The fraction of sp³-hybridized carbons (Fsp3) is 0.300. The molecule has 1 heterocycles. The van der Waals surface area contributed by atoms with Crippen molar-refractivity contribution in [3.63, 3.8) is 0 Å². The van der Waals surface area contributed by atoms with Gasteiger partial charge in [-0.2, -0.15) is 0 Å². The van der Waals surface area contributed by atoms with E-state index in [4.69, 9.17) is 4.74 Å². The van der Waals surface area contributed by atoms with Crippen LogP contribution in [0.1, 0.15) is 5.56 Å². The average molecular weight is 193 g/mol. The van der Waals surface area contributed by atoms with Gasteiger partial charge in [0, 0.05) is 12.6 Å². The van der Waals surface area contributed by atoms with E-state index >= 15 is 0 Å². The number of carbonyl (C=O) groups is 1. The summed E-state index contributed by atoms with van der Waals surface area (Å²) in [5, 5.41) is 9.99. The molecule has 1 fully saturated rings. The molecule has 4 nitrogen and oxygen atoms in total. The van der Waals surface area contributed by atoms with Crippen molar-refractivity contribution >= 4 is 5.91 Å². The van der Waals surface area contributed by atoms with Gasteiger partial charge in [0.05, 0.1) is 0 Å². The van der Waals surface area contributed by atoms with Crippen LogP contribution in [0.4, 0.5) is 0 Å². The summed E-state index contributed by atoms with van der Waals surface area (Å²) < 4.78 is 5.08. The molecule has 0 aliphatic carbocycles. The van der Waals surface area contributed by atoms with Gasteiger partial charge >= 0.3 is 0 Å². The molecule has 1 atom stereocenters. The highest BCUT2D eigenvalue weighted by Crippen LogP contribution is 2.29. The van der Waals surface area contributed by atoms with Crippen LogP contribution in [-0.4, -0.2) is 29.7 Å². The Hall–Kier alpha value is -1.39. The van der Waals surface area contributed by atoms with Gasteiger partial charge in [0.2, 0.25) is 0 Å². The summed E-state index contributed by atoms with van der Waals surface area (Å²) in [5.41, 5.74) is 0.467. The van der Waals surface area contributed by atoms with Crippen molar-refractivity contribution in [2.45, 2.75) is 5.79 Å². The summed E-state index contributed by atoms with van der Waals surface area (Å²) in [4.78, 5) is 12.9. The molecule has 1 amide bonds. The van der Waals surface area contributed by atoms with Crippen LogP contribution in [0.3, 0.4) is 0 Å². The lowest BCUT2D eigenvalue weighted by Gasteiger charge is -2.18. The summed E-state index contributed by atoms with van der Waals surface area (Å²) in [6, 6.07) is 8.65. The minimum absolute atomic E-state index is 0.115. The largest absolute Gasteiger partial charge is 0.354 e. The van der Waals surface area contributed by atoms with E-state index in [9.17, 15) is 9.90 Å². The highest BCUT2D eigenvalue weighted by Gasteiger charge is 2.46. The van der Waals surface area contributed by atoms with Crippen LogP contribution in [0, 0.1) is 0 Å². The number of amides is 1. The molecule has 14 heavy (non-hydrogen) atoms. The maximum Gasteiger partial charge on any atom is 0.289 e. The summed E-state index contributed by atoms with van der Waals surface area (Å²) >= 11 is 0. The number of rotatable bonds is 1. The molecule has 1 N–H and O–H groups in total. The maximum atomic E-state index is 11.6. The Morgan fingerprint density at radius 1 is 1.43 bits per heavy atom. The van der Waals surface area contributed by atoms with Crippen LogP contribution in [0.2, 0.25) is 0 Å². The Kier molecular flexibility index (Phi) is 2.02. The predicted octanol–water partition coefficient (Wildman–Crippen LogP) is 0.278. The lowest BCUT2D eigenvalue weighted by Crippen LogP contribution is -2.36. The van der Waals surface area contributed by atoms with E-state index in [0.29, 0.717) is 5.56 Å². The third-order valence-electron chi connectivity index (χ3n) is 2.27. The van der Waals surface area contributed by atoms with Gasteiger partial charge in [0.15, 0.2) is 0 Å². The zero-order chi connectivity index (χ0) is 10.2. The van der Waals surface area contributed by atoms with Crippen molar-refractivity contribution in [2.75, 3.05) is 13.8 Å². The molecule has 4 heteroatoms. The predicted molar refractivity (Wildman–Crippen MR) is 49.1 cm³/mol. The highest BCUT2D eigenvalue weighted by molar-refractivity contribution is 5.85. The van der Waals surface area contributed by atoms with Crippen molar-refractivity contribution in [1.29, 1.82) is 0 Å². The number of hydrogen-bond acceptors (Lipinski definition) is 3. The van der Waals surface area contributed by atoms with Crippen LogP contribution in [0.25, 0.3) is 0 Å². The first-order chi connectivity index (χ1) is 6.64.